The molecule has 13 nitrogen and oxygen atoms in total. The molecule has 256 valence electrons. The van der Waals surface area contributed by atoms with Crippen molar-refractivity contribution in [3.8, 4) is 28.7 Å². The van der Waals surface area contributed by atoms with Crippen LogP contribution in [0.5, 0.6) is 28.7 Å². The van der Waals surface area contributed by atoms with E-state index in [1.165, 1.54) is 12.1 Å². The monoisotopic (exact) mass is 686 g/mol. The van der Waals surface area contributed by atoms with E-state index in [0.29, 0.717) is 54.4 Å². The first-order chi connectivity index (χ1) is 23.4. The van der Waals surface area contributed by atoms with Crippen LogP contribution in [0.15, 0.2) is 90.0 Å². The van der Waals surface area contributed by atoms with Crippen LogP contribution in [0.1, 0.15) is 32.8 Å². The van der Waals surface area contributed by atoms with Crippen molar-refractivity contribution in [1.29, 1.82) is 0 Å². The van der Waals surface area contributed by atoms with Gasteiger partial charge in [-0.3, -0.25) is 0 Å². The van der Waals surface area contributed by atoms with Crippen molar-refractivity contribution in [3.63, 3.8) is 0 Å². The summed E-state index contributed by atoms with van der Waals surface area (Å²) >= 11 is 0. The lowest BCUT2D eigenvalue weighted by atomic mass is 10.2. The Morgan fingerprint density at radius 2 is 1.69 bits per heavy atom. The summed E-state index contributed by atoms with van der Waals surface area (Å²) in [7, 11) is -2.63. The summed E-state index contributed by atoms with van der Waals surface area (Å²) in [4.78, 5) is 18.8. The van der Waals surface area contributed by atoms with Crippen LogP contribution in [0, 0.1) is 0 Å². The Balaban J connectivity index is 1.35. The third kappa shape index (κ3) is 8.04. The predicted octanol–water partition coefficient (Wildman–Crippen LogP) is 6.14. The van der Waals surface area contributed by atoms with E-state index in [-0.39, 0.29) is 28.5 Å². The average molecular weight is 687 g/mol. The number of aromatic nitrogens is 3. The molecule has 0 aliphatic carbocycles. The highest BCUT2D eigenvalue weighted by molar-refractivity contribution is 7.89. The minimum Gasteiger partial charge on any atom is -0.497 e. The molecular weight excluding hydrogens is 648 g/mol. The van der Waals surface area contributed by atoms with Gasteiger partial charge in [-0.2, -0.15) is 5.10 Å². The second kappa shape index (κ2) is 13.6. The number of likely N-dealkylation sites (tertiary alicyclic amines) is 1. The largest absolute Gasteiger partial charge is 0.497 e. The fourth-order valence-corrected chi connectivity index (χ4v) is 6.11. The molecule has 5 aromatic rings. The Kier molecular flexibility index (Phi) is 9.35. The van der Waals surface area contributed by atoms with Gasteiger partial charge in [0, 0.05) is 37.5 Å². The van der Waals surface area contributed by atoms with Crippen LogP contribution in [-0.4, -0.2) is 66.0 Å². The minimum atomic E-state index is -4.24. The summed E-state index contributed by atoms with van der Waals surface area (Å²) in [6.45, 7) is 6.78. The molecule has 1 saturated heterocycles. The molecule has 1 aliphatic rings. The molecule has 3 heterocycles. The number of primary sulfonamides is 1. The van der Waals surface area contributed by atoms with Gasteiger partial charge < -0.3 is 29.2 Å². The third-order valence-electron chi connectivity index (χ3n) is 7.69. The van der Waals surface area contributed by atoms with Gasteiger partial charge in [0.1, 0.15) is 44.6 Å². The number of sulfonamides is 1. The van der Waals surface area contributed by atoms with E-state index in [4.69, 9.17) is 29.2 Å². The zero-order chi connectivity index (χ0) is 34.8. The SMILES string of the molecule is COc1ccc(Cn2nc(NC3CCN(C(=O)OC(C)(C)C)C3)c3c(Oc4ccc(Oc5ccccc5)cc4S(N)(=O)=O)ccnc32)cc1. The van der Waals surface area contributed by atoms with Crippen LogP contribution < -0.4 is 24.7 Å². The van der Waals surface area contributed by atoms with Crippen LogP contribution in [0.3, 0.4) is 0 Å². The molecule has 1 atom stereocenters. The predicted molar refractivity (Wildman–Crippen MR) is 184 cm³/mol. The molecule has 6 rings (SSSR count). The Morgan fingerprint density at radius 3 is 2.39 bits per heavy atom. The molecule has 3 aromatic carbocycles. The maximum Gasteiger partial charge on any atom is 0.410 e. The summed E-state index contributed by atoms with van der Waals surface area (Å²) in [5.74, 6) is 2.30. The van der Waals surface area contributed by atoms with Gasteiger partial charge in [0.05, 0.1) is 13.7 Å². The summed E-state index contributed by atoms with van der Waals surface area (Å²) in [5.41, 5.74) is 0.838. The van der Waals surface area contributed by atoms with Gasteiger partial charge in [-0.15, -0.1) is 0 Å². The van der Waals surface area contributed by atoms with Gasteiger partial charge >= 0.3 is 6.09 Å². The minimum absolute atomic E-state index is 0.00114. The lowest BCUT2D eigenvalue weighted by molar-refractivity contribution is 0.0293. The van der Waals surface area contributed by atoms with Gasteiger partial charge in [-0.05, 0) is 69.2 Å². The first-order valence-electron chi connectivity index (χ1n) is 15.7. The van der Waals surface area contributed by atoms with E-state index in [1.54, 1.807) is 47.2 Å². The first-order valence-corrected chi connectivity index (χ1v) is 17.2. The van der Waals surface area contributed by atoms with E-state index in [9.17, 15) is 13.2 Å². The number of rotatable bonds is 10. The molecule has 1 fully saturated rings. The number of anilines is 1. The molecule has 2 aromatic heterocycles. The molecule has 0 spiro atoms. The molecule has 0 bridgehead atoms. The fourth-order valence-electron chi connectivity index (χ4n) is 5.44. The smallest absolute Gasteiger partial charge is 0.410 e. The number of carbonyl (C=O) groups excluding carboxylic acids is 1. The molecule has 14 heteroatoms. The van der Waals surface area contributed by atoms with E-state index < -0.39 is 15.6 Å². The molecule has 1 unspecified atom stereocenters. The van der Waals surface area contributed by atoms with Crippen LogP contribution >= 0.6 is 0 Å². The molecule has 1 aliphatic heterocycles. The number of nitrogens with two attached hydrogens (primary N) is 1. The number of carbonyl (C=O) groups is 1. The topological polar surface area (TPSA) is 160 Å². The van der Waals surface area contributed by atoms with Crippen molar-refractivity contribution in [3.05, 3.63) is 90.6 Å². The number of nitrogens with zero attached hydrogens (tertiary/aromatic N) is 4. The highest BCUT2D eigenvalue weighted by Crippen LogP contribution is 2.38. The maximum absolute atomic E-state index is 12.8. The Hall–Kier alpha value is -5.34. The maximum atomic E-state index is 12.8. The number of hydrogen-bond donors (Lipinski definition) is 2. The number of para-hydroxylation sites is 1. The number of ether oxygens (including phenoxy) is 4. The van der Waals surface area contributed by atoms with Crippen molar-refractivity contribution in [2.75, 3.05) is 25.5 Å². The molecule has 49 heavy (non-hydrogen) atoms. The van der Waals surface area contributed by atoms with Crippen molar-refractivity contribution in [2.24, 2.45) is 5.14 Å². The normalized spacial score (nSPS) is 14.9. The quantitative estimate of drug-likeness (QED) is 0.175. The number of methoxy groups -OCH3 is 1. The lowest BCUT2D eigenvalue weighted by Gasteiger charge is -2.24. The Morgan fingerprint density at radius 1 is 0.959 bits per heavy atom. The van der Waals surface area contributed by atoms with Gasteiger partial charge in [0.2, 0.25) is 10.0 Å². The van der Waals surface area contributed by atoms with Crippen LogP contribution in [0.2, 0.25) is 0 Å². The van der Waals surface area contributed by atoms with E-state index >= 15 is 0 Å². The highest BCUT2D eigenvalue weighted by atomic mass is 32.2. The molecule has 3 N–H and O–H groups in total. The van der Waals surface area contributed by atoms with Crippen LogP contribution in [-0.2, 0) is 21.3 Å². The third-order valence-corrected chi connectivity index (χ3v) is 8.62. The molecule has 0 radical (unpaired) electrons. The summed E-state index contributed by atoms with van der Waals surface area (Å²) in [6.07, 6.45) is 1.84. The Labute approximate surface area is 284 Å². The van der Waals surface area contributed by atoms with Crippen LogP contribution in [0.25, 0.3) is 11.0 Å². The molecule has 1 amide bonds. The number of pyridine rings is 1. The average Bonchev–Trinajstić information content (AvgIpc) is 3.67. The number of hydrogen-bond acceptors (Lipinski definition) is 10. The van der Waals surface area contributed by atoms with Crippen LogP contribution in [0.4, 0.5) is 10.6 Å². The first kappa shape index (κ1) is 33.6. The summed E-state index contributed by atoms with van der Waals surface area (Å²) < 4.78 is 50.4. The fraction of sp³-hybridized carbons (Fsp3) is 0.286. The standard InChI is InChI=1S/C35H38N6O7S/c1-35(2,3)48-34(42)40-19-17-24(22-40)38-32-31-29(16-18-37-33(31)41(39-32)21-23-10-12-25(45-4)13-11-23)47-28-15-14-27(20-30(28)49(36,43)44)46-26-8-6-5-7-9-26/h5-16,18,20,24H,17,19,21-22H2,1-4H3,(H,38,39)(H2,36,43,44). The second-order valence-corrected chi connectivity index (χ2v) is 14.1. The van der Waals surface area contributed by atoms with Crippen molar-refractivity contribution in [2.45, 2.75) is 50.3 Å². The number of nitrogens with one attached hydrogen (secondary N) is 1. The number of fused-ring (bicyclic) bond motifs is 1. The van der Waals surface area contributed by atoms with Crippen molar-refractivity contribution >= 4 is 33.0 Å². The van der Waals surface area contributed by atoms with E-state index in [0.717, 1.165) is 11.3 Å². The number of benzene rings is 3. The zero-order valence-electron chi connectivity index (χ0n) is 27.6. The van der Waals surface area contributed by atoms with Gasteiger partial charge in [0.25, 0.3) is 0 Å². The molecule has 0 saturated carbocycles. The lowest BCUT2D eigenvalue weighted by Crippen LogP contribution is -2.36. The van der Waals surface area contributed by atoms with Crippen molar-refractivity contribution < 1.29 is 32.2 Å². The van der Waals surface area contributed by atoms with Gasteiger partial charge in [-0.25, -0.2) is 28.0 Å². The van der Waals surface area contributed by atoms with Gasteiger partial charge in [-0.1, -0.05) is 30.3 Å². The summed E-state index contributed by atoms with van der Waals surface area (Å²) in [5, 5.41) is 14.5. The van der Waals surface area contributed by atoms with Crippen molar-refractivity contribution in [1.82, 2.24) is 19.7 Å². The molecular formula is C35H38N6O7S. The van der Waals surface area contributed by atoms with E-state index in [2.05, 4.69) is 10.3 Å². The second-order valence-electron chi connectivity index (χ2n) is 12.6. The summed E-state index contributed by atoms with van der Waals surface area (Å²) in [6, 6.07) is 22.5. The zero-order valence-corrected chi connectivity index (χ0v) is 28.4. The Bertz CT molecular complexity index is 2060. The highest BCUT2D eigenvalue weighted by Gasteiger charge is 2.31. The van der Waals surface area contributed by atoms with E-state index in [1.807, 2.05) is 63.2 Å². The number of amides is 1. The van der Waals surface area contributed by atoms with Gasteiger partial charge in [0.15, 0.2) is 11.5 Å².